The molecule has 1 N–H and O–H groups in total. The van der Waals surface area contributed by atoms with Crippen LogP contribution in [0.5, 0.6) is 0 Å². The van der Waals surface area contributed by atoms with Gasteiger partial charge in [0.1, 0.15) is 5.82 Å². The fourth-order valence-electron chi connectivity index (χ4n) is 1.41. The summed E-state index contributed by atoms with van der Waals surface area (Å²) < 4.78 is 18.0. The zero-order valence-corrected chi connectivity index (χ0v) is 11.4. The molecule has 1 aromatic rings. The molecular formula is C12H15BrFNO2. The normalized spacial score (nSPS) is 12.2. The Bertz CT molecular complexity index is 378. The van der Waals surface area contributed by atoms with Gasteiger partial charge in [0.05, 0.1) is 11.4 Å². The van der Waals surface area contributed by atoms with Gasteiger partial charge < -0.3 is 10.1 Å². The quantitative estimate of drug-likeness (QED) is 0.848. The Hall–Kier alpha value is -0.940. The number of methoxy groups -OCH3 is 1. The largest absolute Gasteiger partial charge is 0.383 e. The number of carbonyl (C=O) groups is 1. The van der Waals surface area contributed by atoms with Gasteiger partial charge in [0.2, 0.25) is 0 Å². The van der Waals surface area contributed by atoms with Crippen molar-refractivity contribution in [1.29, 1.82) is 0 Å². The second-order valence-electron chi connectivity index (χ2n) is 3.78. The summed E-state index contributed by atoms with van der Waals surface area (Å²) in [4.78, 5) is 11.8. The smallest absolute Gasteiger partial charge is 0.251 e. The van der Waals surface area contributed by atoms with Crippen molar-refractivity contribution in [3.8, 4) is 0 Å². The number of nitrogens with one attached hydrogen (secondary N) is 1. The number of benzene rings is 1. The van der Waals surface area contributed by atoms with Crippen LogP contribution in [0.1, 0.15) is 15.9 Å². The van der Waals surface area contributed by atoms with Gasteiger partial charge >= 0.3 is 0 Å². The lowest BCUT2D eigenvalue weighted by Gasteiger charge is -2.10. The molecule has 0 aliphatic heterocycles. The van der Waals surface area contributed by atoms with Crippen molar-refractivity contribution in [3.05, 3.63) is 35.1 Å². The van der Waals surface area contributed by atoms with Gasteiger partial charge in [-0.1, -0.05) is 15.9 Å². The molecule has 1 aromatic carbocycles. The number of amides is 1. The summed E-state index contributed by atoms with van der Waals surface area (Å²) in [6.45, 7) is 2.68. The number of halogens is 2. The van der Waals surface area contributed by atoms with E-state index in [0.29, 0.717) is 18.7 Å². The summed E-state index contributed by atoms with van der Waals surface area (Å²) >= 11 is 3.35. The molecule has 0 heterocycles. The van der Waals surface area contributed by atoms with Crippen molar-refractivity contribution < 1.29 is 13.9 Å². The van der Waals surface area contributed by atoms with E-state index < -0.39 is 5.82 Å². The molecule has 94 valence electrons. The first kappa shape index (κ1) is 14.1. The topological polar surface area (TPSA) is 38.3 Å². The van der Waals surface area contributed by atoms with Gasteiger partial charge in [-0.15, -0.1) is 0 Å². The highest BCUT2D eigenvalue weighted by molar-refractivity contribution is 9.09. The minimum absolute atomic E-state index is 0.0473. The van der Waals surface area contributed by atoms with Gasteiger partial charge in [0.25, 0.3) is 5.91 Å². The summed E-state index contributed by atoms with van der Waals surface area (Å²) in [5.41, 5.74) is 1.06. The fourth-order valence-corrected chi connectivity index (χ4v) is 1.84. The fraction of sp³-hybridized carbons (Fsp3) is 0.417. The molecule has 1 unspecified atom stereocenters. The number of hydrogen-bond acceptors (Lipinski definition) is 2. The molecule has 0 saturated heterocycles. The van der Waals surface area contributed by atoms with Crippen LogP contribution in [-0.4, -0.2) is 31.0 Å². The first-order valence-corrected chi connectivity index (χ1v) is 6.13. The standard InChI is InChI=1S/C12H15BrFNO2/c1-8-3-9(5-11(14)4-8)12(16)15-6-10(13)7-17-2/h3-5,10H,6-7H2,1-2H3,(H,15,16). The van der Waals surface area contributed by atoms with E-state index in [1.54, 1.807) is 20.1 Å². The second-order valence-corrected chi connectivity index (χ2v) is 5.07. The maximum atomic E-state index is 13.1. The summed E-state index contributed by atoms with van der Waals surface area (Å²) in [6.07, 6.45) is 0. The van der Waals surface area contributed by atoms with Crippen molar-refractivity contribution in [1.82, 2.24) is 5.32 Å². The van der Waals surface area contributed by atoms with E-state index in [1.165, 1.54) is 12.1 Å². The lowest BCUT2D eigenvalue weighted by atomic mass is 10.1. The second kappa shape index (κ2) is 6.71. The third-order valence-corrected chi connectivity index (χ3v) is 2.72. The van der Waals surface area contributed by atoms with Crippen LogP contribution >= 0.6 is 15.9 Å². The Labute approximate surface area is 108 Å². The highest BCUT2D eigenvalue weighted by Crippen LogP contribution is 2.08. The van der Waals surface area contributed by atoms with E-state index in [1.807, 2.05) is 0 Å². The molecule has 3 nitrogen and oxygen atoms in total. The molecule has 0 fully saturated rings. The van der Waals surface area contributed by atoms with Crippen LogP contribution in [0.15, 0.2) is 18.2 Å². The molecule has 0 aromatic heterocycles. The van der Waals surface area contributed by atoms with Crippen molar-refractivity contribution in [3.63, 3.8) is 0 Å². The Morgan fingerprint density at radius 3 is 2.82 bits per heavy atom. The van der Waals surface area contributed by atoms with E-state index >= 15 is 0 Å². The molecule has 5 heteroatoms. The number of alkyl halides is 1. The zero-order valence-electron chi connectivity index (χ0n) is 9.80. The summed E-state index contributed by atoms with van der Waals surface area (Å²) in [5.74, 6) is -0.685. The first-order chi connectivity index (χ1) is 8.02. The first-order valence-electron chi connectivity index (χ1n) is 5.21. The van der Waals surface area contributed by atoms with Gasteiger partial charge in [0, 0.05) is 19.2 Å². The number of carbonyl (C=O) groups excluding carboxylic acids is 1. The van der Waals surface area contributed by atoms with Gasteiger partial charge in [-0.05, 0) is 30.7 Å². The van der Waals surface area contributed by atoms with Crippen molar-refractivity contribution in [2.45, 2.75) is 11.8 Å². The molecule has 0 spiro atoms. The van der Waals surface area contributed by atoms with Crippen LogP contribution in [0.4, 0.5) is 4.39 Å². The maximum Gasteiger partial charge on any atom is 0.251 e. The average molecular weight is 304 g/mol. The third kappa shape index (κ3) is 4.83. The van der Waals surface area contributed by atoms with E-state index in [2.05, 4.69) is 21.2 Å². The molecule has 0 aliphatic rings. The molecule has 0 aliphatic carbocycles. The molecule has 1 rings (SSSR count). The highest BCUT2D eigenvalue weighted by Gasteiger charge is 2.10. The summed E-state index contributed by atoms with van der Waals surface area (Å²) in [6, 6.07) is 4.26. The maximum absolute atomic E-state index is 13.1. The number of aryl methyl sites for hydroxylation is 1. The van der Waals surface area contributed by atoms with E-state index in [4.69, 9.17) is 4.74 Å². The van der Waals surface area contributed by atoms with Crippen LogP contribution in [0, 0.1) is 12.7 Å². The number of hydrogen-bond donors (Lipinski definition) is 1. The Morgan fingerprint density at radius 1 is 1.53 bits per heavy atom. The van der Waals surface area contributed by atoms with Crippen LogP contribution in [0.3, 0.4) is 0 Å². The zero-order chi connectivity index (χ0) is 12.8. The molecule has 1 atom stereocenters. The average Bonchev–Trinajstić information content (AvgIpc) is 2.25. The minimum atomic E-state index is -0.401. The lowest BCUT2D eigenvalue weighted by Crippen LogP contribution is -2.31. The molecular weight excluding hydrogens is 289 g/mol. The Kier molecular flexibility index (Phi) is 5.58. The predicted molar refractivity (Wildman–Crippen MR) is 68.1 cm³/mol. The third-order valence-electron chi connectivity index (χ3n) is 2.14. The van der Waals surface area contributed by atoms with Crippen LogP contribution in [0.25, 0.3) is 0 Å². The molecule has 0 bridgehead atoms. The van der Waals surface area contributed by atoms with E-state index in [9.17, 15) is 9.18 Å². The number of rotatable bonds is 5. The van der Waals surface area contributed by atoms with Crippen LogP contribution in [0.2, 0.25) is 0 Å². The van der Waals surface area contributed by atoms with Crippen molar-refractivity contribution >= 4 is 21.8 Å². The minimum Gasteiger partial charge on any atom is -0.383 e. The van der Waals surface area contributed by atoms with Gasteiger partial charge in [-0.3, -0.25) is 4.79 Å². The van der Waals surface area contributed by atoms with Gasteiger partial charge in [0.15, 0.2) is 0 Å². The summed E-state index contributed by atoms with van der Waals surface area (Å²) in [5, 5.41) is 2.71. The monoisotopic (exact) mass is 303 g/mol. The van der Waals surface area contributed by atoms with Gasteiger partial charge in [-0.2, -0.15) is 0 Å². The molecule has 1 amide bonds. The summed E-state index contributed by atoms with van der Waals surface area (Å²) in [7, 11) is 1.59. The Morgan fingerprint density at radius 2 is 2.24 bits per heavy atom. The Balaban J connectivity index is 2.58. The highest BCUT2D eigenvalue weighted by atomic mass is 79.9. The van der Waals surface area contributed by atoms with Gasteiger partial charge in [-0.25, -0.2) is 4.39 Å². The lowest BCUT2D eigenvalue weighted by molar-refractivity contribution is 0.0949. The van der Waals surface area contributed by atoms with Crippen molar-refractivity contribution in [2.24, 2.45) is 0 Å². The number of ether oxygens (including phenoxy) is 1. The van der Waals surface area contributed by atoms with E-state index in [-0.39, 0.29) is 10.7 Å². The molecule has 17 heavy (non-hydrogen) atoms. The van der Waals surface area contributed by atoms with Crippen LogP contribution in [-0.2, 0) is 4.74 Å². The molecule has 0 saturated carbocycles. The van der Waals surface area contributed by atoms with E-state index in [0.717, 1.165) is 5.56 Å². The molecule has 0 radical (unpaired) electrons. The SMILES string of the molecule is COCC(Br)CNC(=O)c1cc(C)cc(F)c1. The van der Waals surface area contributed by atoms with Crippen LogP contribution < -0.4 is 5.32 Å². The predicted octanol–water partition coefficient (Wildman–Crippen LogP) is 2.27. The van der Waals surface area contributed by atoms with Crippen molar-refractivity contribution in [2.75, 3.05) is 20.3 Å².